The second-order valence-corrected chi connectivity index (χ2v) is 2.62. The normalized spacial score (nSPS) is 10.7. The van der Waals surface area contributed by atoms with Gasteiger partial charge in [0.25, 0.3) is 0 Å². The van der Waals surface area contributed by atoms with Crippen LogP contribution in [0.1, 0.15) is 25.5 Å². The van der Waals surface area contributed by atoms with E-state index in [0.29, 0.717) is 5.92 Å². The zero-order chi connectivity index (χ0) is 6.85. The van der Waals surface area contributed by atoms with Gasteiger partial charge in [-0.25, -0.2) is 4.98 Å². The van der Waals surface area contributed by atoms with Gasteiger partial charge in [-0.2, -0.15) is 0 Å². The van der Waals surface area contributed by atoms with Crippen molar-refractivity contribution in [3.05, 3.63) is 18.2 Å². The SMILES string of the molecule is CC(C)c1cn(C)cn1. The lowest BCUT2D eigenvalue weighted by Gasteiger charge is -1.95. The number of hydrogen-bond donors (Lipinski definition) is 0. The van der Waals surface area contributed by atoms with Crippen LogP contribution in [0.4, 0.5) is 0 Å². The molecule has 0 aliphatic rings. The van der Waals surface area contributed by atoms with Crippen LogP contribution in [0.25, 0.3) is 0 Å². The van der Waals surface area contributed by atoms with Gasteiger partial charge >= 0.3 is 0 Å². The molecule has 2 heteroatoms. The van der Waals surface area contributed by atoms with Gasteiger partial charge in [0.15, 0.2) is 0 Å². The Morgan fingerprint density at radius 3 is 2.44 bits per heavy atom. The van der Waals surface area contributed by atoms with E-state index in [1.54, 1.807) is 0 Å². The van der Waals surface area contributed by atoms with Crippen molar-refractivity contribution < 1.29 is 0 Å². The first-order valence-electron chi connectivity index (χ1n) is 3.18. The Morgan fingerprint density at radius 2 is 2.22 bits per heavy atom. The van der Waals surface area contributed by atoms with Crippen LogP contribution in [0.3, 0.4) is 0 Å². The van der Waals surface area contributed by atoms with Crippen molar-refractivity contribution in [2.75, 3.05) is 0 Å². The Kier molecular flexibility index (Phi) is 1.56. The average molecular weight is 124 g/mol. The Labute approximate surface area is 55.5 Å². The quantitative estimate of drug-likeness (QED) is 0.555. The number of rotatable bonds is 1. The third-order valence-corrected chi connectivity index (χ3v) is 1.32. The molecule has 0 spiro atoms. The van der Waals surface area contributed by atoms with Crippen molar-refractivity contribution in [2.45, 2.75) is 19.8 Å². The van der Waals surface area contributed by atoms with Gasteiger partial charge in [0.05, 0.1) is 12.0 Å². The first-order chi connectivity index (χ1) is 4.20. The van der Waals surface area contributed by atoms with Crippen molar-refractivity contribution >= 4 is 0 Å². The standard InChI is InChI=1S/C7H12N2/c1-6(2)7-4-9(3)5-8-7/h4-6H,1-3H3. The molecule has 0 radical (unpaired) electrons. The Balaban J connectivity index is 2.85. The summed E-state index contributed by atoms with van der Waals surface area (Å²) in [7, 11) is 1.98. The summed E-state index contributed by atoms with van der Waals surface area (Å²) in [5.74, 6) is 0.547. The van der Waals surface area contributed by atoms with E-state index in [9.17, 15) is 0 Å². The number of nitrogens with zero attached hydrogens (tertiary/aromatic N) is 2. The van der Waals surface area contributed by atoms with E-state index in [1.165, 1.54) is 0 Å². The van der Waals surface area contributed by atoms with E-state index in [1.807, 2.05) is 24.1 Å². The van der Waals surface area contributed by atoms with Gasteiger partial charge in [-0.05, 0) is 5.92 Å². The minimum absolute atomic E-state index is 0.547. The first kappa shape index (κ1) is 6.33. The third-order valence-electron chi connectivity index (χ3n) is 1.32. The number of aromatic nitrogens is 2. The van der Waals surface area contributed by atoms with E-state index in [4.69, 9.17) is 0 Å². The molecule has 9 heavy (non-hydrogen) atoms. The number of hydrogen-bond acceptors (Lipinski definition) is 1. The van der Waals surface area contributed by atoms with Gasteiger partial charge in [0, 0.05) is 13.2 Å². The molecule has 0 aliphatic carbocycles. The molecule has 0 unspecified atom stereocenters. The Bertz CT molecular complexity index is 189. The van der Waals surface area contributed by atoms with E-state index < -0.39 is 0 Å². The highest BCUT2D eigenvalue weighted by molar-refractivity contribution is 5.00. The predicted molar refractivity (Wildman–Crippen MR) is 37.3 cm³/mol. The van der Waals surface area contributed by atoms with Crippen LogP contribution >= 0.6 is 0 Å². The van der Waals surface area contributed by atoms with Crippen molar-refractivity contribution in [2.24, 2.45) is 7.05 Å². The van der Waals surface area contributed by atoms with Gasteiger partial charge in [-0.15, -0.1) is 0 Å². The fraction of sp³-hybridized carbons (Fsp3) is 0.571. The molecular weight excluding hydrogens is 112 g/mol. The Hall–Kier alpha value is -0.790. The number of imidazole rings is 1. The van der Waals surface area contributed by atoms with E-state index in [-0.39, 0.29) is 0 Å². The minimum atomic E-state index is 0.547. The summed E-state index contributed by atoms with van der Waals surface area (Å²) >= 11 is 0. The molecule has 0 aromatic carbocycles. The van der Waals surface area contributed by atoms with Crippen molar-refractivity contribution in [3.8, 4) is 0 Å². The minimum Gasteiger partial charge on any atom is -0.340 e. The molecule has 0 aliphatic heterocycles. The molecule has 0 fully saturated rings. The topological polar surface area (TPSA) is 17.8 Å². The first-order valence-corrected chi connectivity index (χ1v) is 3.18. The smallest absolute Gasteiger partial charge is 0.0946 e. The van der Waals surface area contributed by atoms with Crippen LogP contribution in [0, 0.1) is 0 Å². The Morgan fingerprint density at radius 1 is 1.56 bits per heavy atom. The van der Waals surface area contributed by atoms with Crippen LogP contribution in [0.2, 0.25) is 0 Å². The maximum absolute atomic E-state index is 4.18. The zero-order valence-corrected chi connectivity index (χ0v) is 6.13. The van der Waals surface area contributed by atoms with Gasteiger partial charge in [0.2, 0.25) is 0 Å². The van der Waals surface area contributed by atoms with E-state index in [0.717, 1.165) is 5.69 Å². The molecule has 0 saturated heterocycles. The average Bonchev–Trinajstić information content (AvgIpc) is 2.14. The maximum atomic E-state index is 4.18. The second kappa shape index (κ2) is 2.21. The highest BCUT2D eigenvalue weighted by Gasteiger charge is 1.99. The van der Waals surface area contributed by atoms with Gasteiger partial charge < -0.3 is 4.57 Å². The molecule has 1 aromatic rings. The summed E-state index contributed by atoms with van der Waals surface area (Å²) < 4.78 is 1.97. The van der Waals surface area contributed by atoms with Crippen LogP contribution < -0.4 is 0 Å². The van der Waals surface area contributed by atoms with Crippen molar-refractivity contribution in [3.63, 3.8) is 0 Å². The molecule has 1 aromatic heterocycles. The fourth-order valence-corrected chi connectivity index (χ4v) is 0.731. The summed E-state index contributed by atoms with van der Waals surface area (Å²) in [5.41, 5.74) is 1.16. The van der Waals surface area contributed by atoms with Crippen LogP contribution in [-0.4, -0.2) is 9.55 Å². The molecular formula is C7H12N2. The summed E-state index contributed by atoms with van der Waals surface area (Å²) in [6, 6.07) is 0. The maximum Gasteiger partial charge on any atom is 0.0946 e. The van der Waals surface area contributed by atoms with Gasteiger partial charge in [0.1, 0.15) is 0 Å². The second-order valence-electron chi connectivity index (χ2n) is 2.62. The molecule has 0 atom stereocenters. The molecule has 2 nitrogen and oxygen atoms in total. The molecule has 0 amide bonds. The highest BCUT2D eigenvalue weighted by Crippen LogP contribution is 2.08. The molecule has 1 rings (SSSR count). The monoisotopic (exact) mass is 124 g/mol. The summed E-state index contributed by atoms with van der Waals surface area (Å²) in [6.45, 7) is 4.28. The van der Waals surface area contributed by atoms with Gasteiger partial charge in [-0.1, -0.05) is 13.8 Å². The van der Waals surface area contributed by atoms with E-state index in [2.05, 4.69) is 18.8 Å². The van der Waals surface area contributed by atoms with Crippen molar-refractivity contribution in [1.29, 1.82) is 0 Å². The lowest BCUT2D eigenvalue weighted by Crippen LogP contribution is -1.85. The largest absolute Gasteiger partial charge is 0.340 e. The van der Waals surface area contributed by atoms with Crippen LogP contribution in [-0.2, 0) is 7.05 Å². The van der Waals surface area contributed by atoms with Crippen LogP contribution in [0.15, 0.2) is 12.5 Å². The van der Waals surface area contributed by atoms with Gasteiger partial charge in [-0.3, -0.25) is 0 Å². The predicted octanol–water partition coefficient (Wildman–Crippen LogP) is 1.54. The van der Waals surface area contributed by atoms with Crippen LogP contribution in [0.5, 0.6) is 0 Å². The lowest BCUT2D eigenvalue weighted by molar-refractivity contribution is 0.829. The molecule has 1 heterocycles. The molecule has 0 N–H and O–H groups in total. The summed E-state index contributed by atoms with van der Waals surface area (Å²) in [6.07, 6.45) is 3.88. The van der Waals surface area contributed by atoms with E-state index >= 15 is 0 Å². The summed E-state index contributed by atoms with van der Waals surface area (Å²) in [4.78, 5) is 4.18. The molecule has 0 saturated carbocycles. The fourth-order valence-electron chi connectivity index (χ4n) is 0.731. The summed E-state index contributed by atoms with van der Waals surface area (Å²) in [5, 5.41) is 0. The highest BCUT2D eigenvalue weighted by atomic mass is 15.0. The van der Waals surface area contributed by atoms with Crippen molar-refractivity contribution in [1.82, 2.24) is 9.55 Å². The lowest BCUT2D eigenvalue weighted by atomic mass is 10.2. The molecule has 0 bridgehead atoms. The number of aryl methyl sites for hydroxylation is 1. The zero-order valence-electron chi connectivity index (χ0n) is 6.13. The molecule has 50 valence electrons. The third kappa shape index (κ3) is 1.31.